The highest BCUT2D eigenvalue weighted by Crippen LogP contribution is 2.12. The van der Waals surface area contributed by atoms with E-state index in [0.717, 1.165) is 45.2 Å². The SMILES string of the molecule is CCNC(=O)CCCCCNC(=O)C(CCCCNC)NC(=O)C(CCCCNC)NC(=O)C(CCCCNC)NC(=O)C(CCCCNC)NC(=O)C(CCCCNC)NC(=O)CCCCCNC(=O)OC(C)(C)C. The maximum Gasteiger partial charge on any atom is 0.407 e. The van der Waals surface area contributed by atoms with Crippen LogP contribution in [0.5, 0.6) is 0 Å². The third kappa shape index (κ3) is 38.8. The van der Waals surface area contributed by atoms with Crippen molar-refractivity contribution in [2.24, 2.45) is 0 Å². The molecule has 0 aromatic rings. The highest BCUT2D eigenvalue weighted by molar-refractivity contribution is 5.96. The van der Waals surface area contributed by atoms with Crippen LogP contribution in [-0.2, 0) is 38.3 Å². The van der Waals surface area contributed by atoms with Crippen LogP contribution in [0.15, 0.2) is 0 Å². The topological polar surface area (TPSA) is 302 Å². The van der Waals surface area contributed by atoms with E-state index < -0.39 is 65.5 Å². The zero-order chi connectivity index (χ0) is 56.8. The third-order valence-electron chi connectivity index (χ3n) is 12.5. The van der Waals surface area contributed by atoms with E-state index in [1.165, 1.54) is 0 Å². The van der Waals surface area contributed by atoms with Gasteiger partial charge in [0.25, 0.3) is 0 Å². The summed E-state index contributed by atoms with van der Waals surface area (Å²) in [5, 5.41) is 38.8. The maximum atomic E-state index is 14.5. The summed E-state index contributed by atoms with van der Waals surface area (Å²) in [5.41, 5.74) is -0.602. The number of unbranched alkanes of at least 4 members (excludes halogenated alkanes) is 9. The van der Waals surface area contributed by atoms with Crippen molar-refractivity contribution in [2.45, 2.75) is 211 Å². The van der Waals surface area contributed by atoms with Gasteiger partial charge in [-0.2, -0.15) is 0 Å². The van der Waals surface area contributed by atoms with Gasteiger partial charge in [0.2, 0.25) is 41.4 Å². The van der Waals surface area contributed by atoms with E-state index in [-0.39, 0.29) is 43.4 Å². The first-order valence-electron chi connectivity index (χ1n) is 28.7. The summed E-state index contributed by atoms with van der Waals surface area (Å²) in [4.78, 5) is 108. The Morgan fingerprint density at radius 3 is 0.974 bits per heavy atom. The molecule has 0 aliphatic carbocycles. The average Bonchev–Trinajstić information content (AvgIpc) is 3.37. The molecule has 0 saturated carbocycles. The summed E-state index contributed by atoms with van der Waals surface area (Å²) in [5.74, 6) is -2.71. The van der Waals surface area contributed by atoms with Crippen LogP contribution < -0.4 is 69.1 Å². The molecule has 5 atom stereocenters. The van der Waals surface area contributed by atoms with E-state index in [1.54, 1.807) is 20.8 Å². The van der Waals surface area contributed by atoms with Gasteiger partial charge in [0.05, 0.1) is 0 Å². The van der Waals surface area contributed by atoms with Crippen molar-refractivity contribution < 1.29 is 43.1 Å². The molecule has 0 spiro atoms. The second-order valence-corrected chi connectivity index (χ2v) is 20.7. The first kappa shape index (κ1) is 71.4. The zero-order valence-electron chi connectivity index (χ0n) is 48.5. The molecule has 0 aliphatic rings. The van der Waals surface area contributed by atoms with Gasteiger partial charge in [-0.25, -0.2) is 4.79 Å². The fourth-order valence-corrected chi connectivity index (χ4v) is 8.25. The number of carbonyl (C=O) groups excluding carboxylic acids is 8. The molecule has 0 fully saturated rings. The Kier molecular flexibility index (Phi) is 43.6. The average molecular weight is 1080 g/mol. The van der Waals surface area contributed by atoms with Crippen molar-refractivity contribution in [1.29, 1.82) is 0 Å². The van der Waals surface area contributed by atoms with Crippen molar-refractivity contribution in [3.63, 3.8) is 0 Å². The summed E-state index contributed by atoms with van der Waals surface area (Å²) in [7, 11) is 9.21. The van der Waals surface area contributed by atoms with Gasteiger partial charge in [-0.15, -0.1) is 0 Å². The van der Waals surface area contributed by atoms with E-state index in [2.05, 4.69) is 69.1 Å². The molecule has 442 valence electrons. The fourth-order valence-electron chi connectivity index (χ4n) is 8.25. The molecule has 5 unspecified atom stereocenters. The van der Waals surface area contributed by atoms with Crippen LogP contribution in [0, 0.1) is 0 Å². The first-order chi connectivity index (χ1) is 36.5. The smallest absolute Gasteiger partial charge is 0.407 e. The van der Waals surface area contributed by atoms with Crippen molar-refractivity contribution >= 4 is 47.4 Å². The quantitative estimate of drug-likeness (QED) is 0.0389. The van der Waals surface area contributed by atoms with Gasteiger partial charge in [-0.3, -0.25) is 33.6 Å². The Morgan fingerprint density at radius 2 is 0.645 bits per heavy atom. The standard InChI is InChI=1S/C54H107N13O9/c1-10-60-46(68)32-13-11-20-39-61-48(70)41(27-15-22-34-55-5)64-50(72)43(29-17-24-36-57-7)66-52(74)45(31-19-26-38-59-9)67-51(73)44(30-18-25-37-58-8)65-49(71)42(28-16-23-35-56-6)63-47(69)33-14-12-21-40-62-53(75)76-54(2,3)4/h41-45,55-59H,10-40H2,1-9H3,(H,60,68)(H,61,70)(H,62,75)(H,63,69)(H,64,72)(H,65,71)(H,66,74)(H,67,73). The second kappa shape index (κ2) is 46.5. The number of nitrogens with one attached hydrogen (secondary N) is 13. The monoisotopic (exact) mass is 1080 g/mol. The summed E-state index contributed by atoms with van der Waals surface area (Å²) < 4.78 is 5.28. The molecule has 76 heavy (non-hydrogen) atoms. The van der Waals surface area contributed by atoms with E-state index in [4.69, 9.17) is 4.74 Å². The van der Waals surface area contributed by atoms with Gasteiger partial charge in [0.1, 0.15) is 35.8 Å². The summed E-state index contributed by atoms with van der Waals surface area (Å²) in [6.45, 7) is 12.2. The van der Waals surface area contributed by atoms with Crippen molar-refractivity contribution in [3.8, 4) is 0 Å². The minimum atomic E-state index is -1.06. The summed E-state index contributed by atoms with van der Waals surface area (Å²) in [6.07, 6.45) is 12.4. The minimum Gasteiger partial charge on any atom is -0.444 e. The highest BCUT2D eigenvalue weighted by Gasteiger charge is 2.32. The third-order valence-corrected chi connectivity index (χ3v) is 12.5. The molecule has 0 heterocycles. The molecule has 0 aromatic heterocycles. The number of hydrogen-bond donors (Lipinski definition) is 13. The first-order valence-corrected chi connectivity index (χ1v) is 28.7. The van der Waals surface area contributed by atoms with Crippen LogP contribution in [0.25, 0.3) is 0 Å². The minimum absolute atomic E-state index is 0.00172. The predicted molar refractivity (Wildman–Crippen MR) is 301 cm³/mol. The lowest BCUT2D eigenvalue weighted by atomic mass is 10.0. The Balaban J connectivity index is 6.42. The van der Waals surface area contributed by atoms with Crippen LogP contribution >= 0.6 is 0 Å². The molecule has 0 aromatic carbocycles. The molecule has 22 nitrogen and oxygen atoms in total. The van der Waals surface area contributed by atoms with Gasteiger partial charge >= 0.3 is 6.09 Å². The van der Waals surface area contributed by atoms with Crippen LogP contribution in [0.1, 0.15) is 175 Å². The van der Waals surface area contributed by atoms with Gasteiger partial charge in [-0.1, -0.05) is 12.8 Å². The lowest BCUT2D eigenvalue weighted by Crippen LogP contribution is -2.59. The molecular weight excluding hydrogens is 975 g/mol. The lowest BCUT2D eigenvalue weighted by Gasteiger charge is -2.27. The van der Waals surface area contributed by atoms with Gasteiger partial charge in [0.15, 0.2) is 0 Å². The molecule has 0 aliphatic heterocycles. The van der Waals surface area contributed by atoms with E-state index in [9.17, 15) is 38.4 Å². The Labute approximate surface area is 457 Å². The number of alkyl carbamates (subject to hydrolysis) is 1. The van der Waals surface area contributed by atoms with Gasteiger partial charge in [-0.05, 0) is 218 Å². The number of ether oxygens (including phenoxy) is 1. The second-order valence-electron chi connectivity index (χ2n) is 20.7. The van der Waals surface area contributed by atoms with Crippen LogP contribution in [0.4, 0.5) is 4.79 Å². The van der Waals surface area contributed by atoms with Gasteiger partial charge < -0.3 is 73.9 Å². The number of amides is 8. The fraction of sp³-hybridized carbons (Fsp3) is 0.852. The number of rotatable bonds is 48. The maximum absolute atomic E-state index is 14.5. The van der Waals surface area contributed by atoms with E-state index >= 15 is 0 Å². The zero-order valence-corrected chi connectivity index (χ0v) is 48.5. The van der Waals surface area contributed by atoms with Crippen molar-refractivity contribution in [2.75, 3.05) is 87.6 Å². The van der Waals surface area contributed by atoms with Gasteiger partial charge in [0, 0.05) is 32.5 Å². The van der Waals surface area contributed by atoms with Crippen LogP contribution in [-0.4, -0.2) is 171 Å². The van der Waals surface area contributed by atoms with Crippen molar-refractivity contribution in [3.05, 3.63) is 0 Å². The van der Waals surface area contributed by atoms with E-state index in [0.29, 0.717) is 129 Å². The Morgan fingerprint density at radius 1 is 0.342 bits per heavy atom. The van der Waals surface area contributed by atoms with Crippen LogP contribution in [0.2, 0.25) is 0 Å². The summed E-state index contributed by atoms with van der Waals surface area (Å²) in [6, 6.07) is -4.86. The van der Waals surface area contributed by atoms with E-state index in [1.807, 2.05) is 42.2 Å². The Hall–Kier alpha value is -4.64. The number of carbonyl (C=O) groups is 8. The molecule has 22 heteroatoms. The van der Waals surface area contributed by atoms with Crippen LogP contribution in [0.3, 0.4) is 0 Å². The molecule has 0 rings (SSSR count). The lowest BCUT2D eigenvalue weighted by molar-refractivity contribution is -0.135. The molecular formula is C54H107N13O9. The normalized spacial score (nSPS) is 13.3. The molecule has 8 amide bonds. The van der Waals surface area contributed by atoms with Crippen molar-refractivity contribution in [1.82, 2.24) is 69.1 Å². The summed E-state index contributed by atoms with van der Waals surface area (Å²) >= 11 is 0. The highest BCUT2D eigenvalue weighted by atomic mass is 16.6. The molecule has 13 N–H and O–H groups in total. The molecule has 0 saturated heterocycles. The Bertz CT molecular complexity index is 1600. The number of hydrogen-bond acceptors (Lipinski definition) is 14. The predicted octanol–water partition coefficient (Wildman–Crippen LogP) is 2.26. The molecule has 0 radical (unpaired) electrons. The largest absolute Gasteiger partial charge is 0.444 e. The molecule has 0 bridgehead atoms.